The van der Waals surface area contributed by atoms with Gasteiger partial charge < -0.3 is 5.32 Å². The van der Waals surface area contributed by atoms with Crippen LogP contribution in [-0.2, 0) is 0 Å². The van der Waals surface area contributed by atoms with Crippen molar-refractivity contribution in [1.82, 2.24) is 15.6 Å². The lowest BCUT2D eigenvalue weighted by atomic mass is 10.2. The Bertz CT molecular complexity index is 475. The van der Waals surface area contributed by atoms with Crippen LogP contribution in [0.25, 0.3) is 0 Å². The zero-order valence-corrected chi connectivity index (χ0v) is 9.67. The Labute approximate surface area is 103 Å². The molecule has 1 aromatic rings. The fourth-order valence-corrected chi connectivity index (χ4v) is 1.11. The first-order valence-corrected chi connectivity index (χ1v) is 5.23. The quantitative estimate of drug-likeness (QED) is 0.608. The standard InChI is InChI=1S/C10H12N4O4/c1-2-3-12-10(16)13-9(15)7-4-8(14(17)18)6-11-5-7/h4-6H,2-3H2,1H3,(H2,12,13,15,16). The van der Waals surface area contributed by atoms with Crippen molar-refractivity contribution < 1.29 is 14.5 Å². The van der Waals surface area contributed by atoms with E-state index in [1.165, 1.54) is 0 Å². The summed E-state index contributed by atoms with van der Waals surface area (Å²) in [6.07, 6.45) is 2.91. The number of hydrogen-bond acceptors (Lipinski definition) is 5. The molecule has 96 valence electrons. The maximum atomic E-state index is 11.6. The van der Waals surface area contributed by atoms with Crippen molar-refractivity contribution in [3.05, 3.63) is 34.1 Å². The molecule has 1 heterocycles. The van der Waals surface area contributed by atoms with E-state index in [0.29, 0.717) is 6.54 Å². The Morgan fingerprint density at radius 3 is 2.78 bits per heavy atom. The zero-order chi connectivity index (χ0) is 13.5. The molecule has 1 aromatic heterocycles. The Hall–Kier alpha value is -2.51. The third-order valence-corrected chi connectivity index (χ3v) is 1.96. The smallest absolute Gasteiger partial charge is 0.321 e. The zero-order valence-electron chi connectivity index (χ0n) is 9.67. The predicted molar refractivity (Wildman–Crippen MR) is 62.0 cm³/mol. The first-order valence-electron chi connectivity index (χ1n) is 5.23. The first kappa shape index (κ1) is 13.6. The summed E-state index contributed by atoms with van der Waals surface area (Å²) in [4.78, 5) is 36.2. The fourth-order valence-electron chi connectivity index (χ4n) is 1.11. The van der Waals surface area contributed by atoms with Gasteiger partial charge in [-0.15, -0.1) is 0 Å². The number of aromatic nitrogens is 1. The van der Waals surface area contributed by atoms with Crippen LogP contribution in [0.3, 0.4) is 0 Å². The van der Waals surface area contributed by atoms with Gasteiger partial charge in [0.15, 0.2) is 0 Å². The van der Waals surface area contributed by atoms with Gasteiger partial charge in [0.25, 0.3) is 11.6 Å². The van der Waals surface area contributed by atoms with Gasteiger partial charge in [0, 0.05) is 18.8 Å². The summed E-state index contributed by atoms with van der Waals surface area (Å²) >= 11 is 0. The molecule has 0 radical (unpaired) electrons. The highest BCUT2D eigenvalue weighted by Gasteiger charge is 2.14. The van der Waals surface area contributed by atoms with Crippen LogP contribution in [0.2, 0.25) is 0 Å². The number of pyridine rings is 1. The second kappa shape index (κ2) is 6.28. The van der Waals surface area contributed by atoms with Gasteiger partial charge in [-0.05, 0) is 6.42 Å². The Morgan fingerprint density at radius 2 is 2.17 bits per heavy atom. The molecule has 0 saturated carbocycles. The van der Waals surface area contributed by atoms with E-state index in [0.717, 1.165) is 24.9 Å². The molecule has 18 heavy (non-hydrogen) atoms. The third-order valence-electron chi connectivity index (χ3n) is 1.96. The molecule has 0 atom stereocenters. The monoisotopic (exact) mass is 252 g/mol. The number of carbonyl (C=O) groups is 2. The van der Waals surface area contributed by atoms with Crippen LogP contribution in [0.15, 0.2) is 18.5 Å². The van der Waals surface area contributed by atoms with Crippen LogP contribution < -0.4 is 10.6 Å². The minimum atomic E-state index is -0.736. The van der Waals surface area contributed by atoms with Crippen molar-refractivity contribution in [2.24, 2.45) is 0 Å². The molecule has 0 spiro atoms. The van der Waals surface area contributed by atoms with Crippen molar-refractivity contribution in [1.29, 1.82) is 0 Å². The highest BCUT2D eigenvalue weighted by molar-refractivity contribution is 6.04. The lowest BCUT2D eigenvalue weighted by Gasteiger charge is -2.04. The van der Waals surface area contributed by atoms with Gasteiger partial charge in [-0.3, -0.25) is 25.2 Å². The number of rotatable bonds is 4. The number of imide groups is 1. The second-order valence-electron chi connectivity index (χ2n) is 3.40. The van der Waals surface area contributed by atoms with E-state index in [1.807, 2.05) is 12.2 Å². The van der Waals surface area contributed by atoms with Crippen molar-refractivity contribution in [3.8, 4) is 0 Å². The highest BCUT2D eigenvalue weighted by Crippen LogP contribution is 2.10. The van der Waals surface area contributed by atoms with Crippen molar-refractivity contribution in [2.45, 2.75) is 13.3 Å². The highest BCUT2D eigenvalue weighted by atomic mass is 16.6. The van der Waals surface area contributed by atoms with E-state index < -0.39 is 16.9 Å². The number of nitrogens with zero attached hydrogens (tertiary/aromatic N) is 2. The molecule has 1 rings (SSSR count). The van der Waals surface area contributed by atoms with Crippen molar-refractivity contribution in [2.75, 3.05) is 6.54 Å². The van der Waals surface area contributed by atoms with E-state index in [-0.39, 0.29) is 11.3 Å². The van der Waals surface area contributed by atoms with Gasteiger partial charge in [0.1, 0.15) is 6.20 Å². The molecule has 8 nitrogen and oxygen atoms in total. The van der Waals surface area contributed by atoms with Crippen molar-refractivity contribution >= 4 is 17.6 Å². The van der Waals surface area contributed by atoms with E-state index in [9.17, 15) is 19.7 Å². The number of urea groups is 1. The predicted octanol–water partition coefficient (Wildman–Crippen LogP) is 0.839. The van der Waals surface area contributed by atoms with E-state index in [2.05, 4.69) is 10.3 Å². The largest absolute Gasteiger partial charge is 0.338 e. The van der Waals surface area contributed by atoms with Gasteiger partial charge in [-0.2, -0.15) is 0 Å². The molecule has 2 N–H and O–H groups in total. The van der Waals surface area contributed by atoms with Crippen LogP contribution in [0.4, 0.5) is 10.5 Å². The summed E-state index contributed by atoms with van der Waals surface area (Å²) in [5, 5.41) is 15.0. The fraction of sp³-hybridized carbons (Fsp3) is 0.300. The molecular formula is C10H12N4O4. The van der Waals surface area contributed by atoms with Crippen LogP contribution in [0.5, 0.6) is 0 Å². The average molecular weight is 252 g/mol. The molecule has 0 unspecified atom stereocenters. The van der Waals surface area contributed by atoms with Crippen LogP contribution in [0.1, 0.15) is 23.7 Å². The molecule has 0 aromatic carbocycles. The Balaban J connectivity index is 2.69. The number of carbonyl (C=O) groups excluding carboxylic acids is 2. The normalized spacial score (nSPS) is 9.61. The minimum absolute atomic E-state index is 0.0455. The maximum absolute atomic E-state index is 11.6. The lowest BCUT2D eigenvalue weighted by molar-refractivity contribution is -0.385. The summed E-state index contributed by atoms with van der Waals surface area (Å²) in [6, 6.07) is 0.406. The minimum Gasteiger partial charge on any atom is -0.338 e. The van der Waals surface area contributed by atoms with Gasteiger partial charge in [0.2, 0.25) is 0 Å². The molecule has 0 fully saturated rings. The molecule has 8 heteroatoms. The number of hydrogen-bond donors (Lipinski definition) is 2. The van der Waals surface area contributed by atoms with Crippen LogP contribution in [-0.4, -0.2) is 28.4 Å². The average Bonchev–Trinajstić information content (AvgIpc) is 2.36. The van der Waals surface area contributed by atoms with Crippen LogP contribution >= 0.6 is 0 Å². The number of nitrogens with one attached hydrogen (secondary N) is 2. The first-order chi connectivity index (χ1) is 8.54. The van der Waals surface area contributed by atoms with Gasteiger partial charge in [0.05, 0.1) is 10.5 Å². The summed E-state index contributed by atoms with van der Waals surface area (Å²) in [5.74, 6) is -0.736. The van der Waals surface area contributed by atoms with Crippen LogP contribution in [0, 0.1) is 10.1 Å². The molecule has 0 bridgehead atoms. The SMILES string of the molecule is CCCNC(=O)NC(=O)c1cncc([N+](=O)[O-])c1. The van der Waals surface area contributed by atoms with E-state index in [1.54, 1.807) is 0 Å². The van der Waals surface area contributed by atoms with Crippen molar-refractivity contribution in [3.63, 3.8) is 0 Å². The molecular weight excluding hydrogens is 240 g/mol. The summed E-state index contributed by atoms with van der Waals surface area (Å²) in [5.41, 5.74) is -0.354. The molecule has 3 amide bonds. The van der Waals surface area contributed by atoms with Gasteiger partial charge in [-0.25, -0.2) is 4.79 Å². The molecule has 0 aliphatic heterocycles. The molecule has 0 saturated heterocycles. The van der Waals surface area contributed by atoms with Gasteiger partial charge >= 0.3 is 6.03 Å². The molecule has 0 aliphatic rings. The Morgan fingerprint density at radius 1 is 1.44 bits per heavy atom. The second-order valence-corrected chi connectivity index (χ2v) is 3.40. The van der Waals surface area contributed by atoms with E-state index >= 15 is 0 Å². The summed E-state index contributed by atoms with van der Waals surface area (Å²) in [6.45, 7) is 2.30. The maximum Gasteiger partial charge on any atom is 0.321 e. The van der Waals surface area contributed by atoms with Gasteiger partial charge in [-0.1, -0.05) is 6.92 Å². The van der Waals surface area contributed by atoms with E-state index in [4.69, 9.17) is 0 Å². The number of amides is 3. The Kier molecular flexibility index (Phi) is 4.73. The summed E-state index contributed by atoms with van der Waals surface area (Å²) in [7, 11) is 0. The third kappa shape index (κ3) is 3.81. The number of nitro groups is 1. The summed E-state index contributed by atoms with van der Waals surface area (Å²) < 4.78 is 0. The molecule has 0 aliphatic carbocycles. The topological polar surface area (TPSA) is 114 Å². The lowest BCUT2D eigenvalue weighted by Crippen LogP contribution is -2.39.